The molecule has 0 saturated carbocycles. The number of nitrogen functional groups attached to an aromatic ring is 1. The maximum atomic E-state index is 12.0. The minimum absolute atomic E-state index is 0.0927. The van der Waals surface area contributed by atoms with E-state index in [0.29, 0.717) is 16.2 Å². The predicted molar refractivity (Wildman–Crippen MR) is 114 cm³/mol. The lowest BCUT2D eigenvalue weighted by Crippen LogP contribution is -2.22. The number of aromatic amines is 1. The third-order valence-corrected chi connectivity index (χ3v) is 4.58. The summed E-state index contributed by atoms with van der Waals surface area (Å²) in [6, 6.07) is 23.4. The lowest BCUT2D eigenvalue weighted by atomic mass is 9.99. The van der Waals surface area contributed by atoms with Gasteiger partial charge in [0.1, 0.15) is 10.8 Å². The number of thiocarbonyl (C=S) groups is 1. The van der Waals surface area contributed by atoms with Gasteiger partial charge < -0.3 is 16.0 Å². The first kappa shape index (κ1) is 16.9. The second-order valence-corrected chi connectivity index (χ2v) is 6.43. The van der Waals surface area contributed by atoms with Gasteiger partial charge in [0.25, 0.3) is 0 Å². The quantitative estimate of drug-likeness (QED) is 0.474. The number of hydrogen-bond acceptors (Lipinski definition) is 4. The smallest absolute Gasteiger partial charge is 0.347 e. The Morgan fingerprint density at radius 3 is 2.48 bits per heavy atom. The summed E-state index contributed by atoms with van der Waals surface area (Å²) in [5.41, 5.74) is 8.32. The van der Waals surface area contributed by atoms with Gasteiger partial charge in [-0.15, -0.1) is 0 Å². The number of nitrogens with two attached hydrogens (primary N) is 1. The van der Waals surface area contributed by atoms with Crippen molar-refractivity contribution in [3.63, 3.8) is 0 Å². The Hall–Kier alpha value is -3.51. The van der Waals surface area contributed by atoms with Crippen molar-refractivity contribution in [1.29, 1.82) is 0 Å². The molecule has 0 unspecified atom stereocenters. The minimum Gasteiger partial charge on any atom is -0.383 e. The van der Waals surface area contributed by atoms with Crippen LogP contribution in [-0.4, -0.2) is 15.0 Å². The van der Waals surface area contributed by atoms with E-state index in [-0.39, 0.29) is 5.82 Å². The van der Waals surface area contributed by atoms with E-state index in [2.05, 4.69) is 15.3 Å². The first-order chi connectivity index (χ1) is 13.1. The summed E-state index contributed by atoms with van der Waals surface area (Å²) < 4.78 is 0. The normalized spacial score (nSPS) is 10.7. The Balaban J connectivity index is 1.91. The van der Waals surface area contributed by atoms with Crippen LogP contribution in [0.25, 0.3) is 22.0 Å². The molecule has 6 heteroatoms. The van der Waals surface area contributed by atoms with Crippen molar-refractivity contribution in [2.75, 3.05) is 11.1 Å². The van der Waals surface area contributed by atoms with Crippen LogP contribution in [0.3, 0.4) is 0 Å². The Labute approximate surface area is 160 Å². The number of fused-ring (bicyclic) bond motifs is 1. The van der Waals surface area contributed by atoms with Crippen molar-refractivity contribution in [1.82, 2.24) is 9.97 Å². The van der Waals surface area contributed by atoms with Gasteiger partial charge in [-0.05, 0) is 22.9 Å². The maximum absolute atomic E-state index is 12.0. The molecular weight excluding hydrogens is 356 g/mol. The molecule has 132 valence electrons. The number of nitrogens with one attached hydrogen (secondary N) is 2. The lowest BCUT2D eigenvalue weighted by molar-refractivity contribution is 1.09. The third kappa shape index (κ3) is 3.30. The molecule has 4 rings (SSSR count). The highest BCUT2D eigenvalue weighted by Gasteiger charge is 2.18. The fraction of sp³-hybridized carbons (Fsp3) is 0. The minimum atomic E-state index is -0.512. The van der Waals surface area contributed by atoms with Gasteiger partial charge in [-0.2, -0.15) is 4.98 Å². The van der Waals surface area contributed by atoms with E-state index >= 15 is 0 Å². The summed E-state index contributed by atoms with van der Waals surface area (Å²) in [6.07, 6.45) is 0. The van der Waals surface area contributed by atoms with Gasteiger partial charge in [0.05, 0.1) is 11.3 Å². The summed E-state index contributed by atoms with van der Waals surface area (Å²) in [5, 5.41) is 5.21. The highest BCUT2D eigenvalue weighted by atomic mass is 32.1. The first-order valence-corrected chi connectivity index (χ1v) is 8.78. The molecular formula is C21H16N4OS. The molecule has 0 fully saturated rings. The van der Waals surface area contributed by atoms with E-state index < -0.39 is 5.69 Å². The summed E-state index contributed by atoms with van der Waals surface area (Å²) in [5.74, 6) is 0.0927. The Bertz CT molecular complexity index is 1200. The van der Waals surface area contributed by atoms with Crippen LogP contribution in [0.4, 0.5) is 11.5 Å². The highest BCUT2D eigenvalue weighted by Crippen LogP contribution is 2.31. The number of benzene rings is 3. The van der Waals surface area contributed by atoms with Crippen LogP contribution in [0.2, 0.25) is 0 Å². The molecule has 0 radical (unpaired) electrons. The standard InChI is InChI=1S/C21H16N4OS/c22-19-17(20(27)23-14-9-2-1-3-10-14)18(24-21(26)25-19)16-12-6-8-13-7-4-5-11-15(13)16/h1-12H,(H,23,27)(H3,22,24,25,26). The highest BCUT2D eigenvalue weighted by molar-refractivity contribution is 7.81. The maximum Gasteiger partial charge on any atom is 0.347 e. The van der Waals surface area contributed by atoms with Gasteiger partial charge in [0, 0.05) is 11.3 Å². The molecule has 0 amide bonds. The summed E-state index contributed by atoms with van der Waals surface area (Å²) in [6.45, 7) is 0. The molecule has 0 bridgehead atoms. The number of aromatic nitrogens is 2. The van der Waals surface area contributed by atoms with Crippen molar-refractivity contribution >= 4 is 39.5 Å². The van der Waals surface area contributed by atoms with Crippen LogP contribution in [0.15, 0.2) is 77.6 Å². The molecule has 0 aliphatic carbocycles. The molecule has 0 aliphatic rings. The molecule has 27 heavy (non-hydrogen) atoms. The molecule has 1 aromatic heterocycles. The summed E-state index contributed by atoms with van der Waals surface area (Å²) in [4.78, 5) is 19.1. The van der Waals surface area contributed by atoms with Crippen molar-refractivity contribution in [3.8, 4) is 11.3 Å². The zero-order valence-electron chi connectivity index (χ0n) is 14.3. The van der Waals surface area contributed by atoms with Crippen molar-refractivity contribution < 1.29 is 0 Å². The molecule has 0 saturated heterocycles. The van der Waals surface area contributed by atoms with Gasteiger partial charge in [0.15, 0.2) is 0 Å². The Kier molecular flexibility index (Phi) is 4.40. The van der Waals surface area contributed by atoms with E-state index in [4.69, 9.17) is 18.0 Å². The summed E-state index contributed by atoms with van der Waals surface area (Å²) in [7, 11) is 0. The van der Waals surface area contributed by atoms with E-state index in [9.17, 15) is 4.79 Å². The second-order valence-electron chi connectivity index (χ2n) is 6.02. The third-order valence-electron chi connectivity index (χ3n) is 4.28. The Morgan fingerprint density at radius 1 is 0.963 bits per heavy atom. The monoisotopic (exact) mass is 372 g/mol. The topological polar surface area (TPSA) is 83.8 Å². The number of H-pyrrole nitrogens is 1. The van der Waals surface area contributed by atoms with Crippen molar-refractivity contribution in [3.05, 3.63) is 88.8 Å². The van der Waals surface area contributed by atoms with Gasteiger partial charge in [-0.25, -0.2) is 4.79 Å². The zero-order chi connectivity index (χ0) is 18.8. The van der Waals surface area contributed by atoms with Gasteiger partial charge in [-0.1, -0.05) is 72.9 Å². The predicted octanol–water partition coefficient (Wildman–Crippen LogP) is 3.96. The number of rotatable bonds is 3. The largest absolute Gasteiger partial charge is 0.383 e. The van der Waals surface area contributed by atoms with Crippen LogP contribution in [0, 0.1) is 0 Å². The zero-order valence-corrected chi connectivity index (χ0v) is 15.1. The van der Waals surface area contributed by atoms with Crippen LogP contribution in [0.1, 0.15) is 5.56 Å². The van der Waals surface area contributed by atoms with E-state index in [1.807, 2.05) is 72.8 Å². The van der Waals surface area contributed by atoms with Crippen molar-refractivity contribution in [2.45, 2.75) is 0 Å². The molecule has 0 aliphatic heterocycles. The second kappa shape index (κ2) is 7.01. The number of anilines is 2. The molecule has 4 N–H and O–H groups in total. The fourth-order valence-corrected chi connectivity index (χ4v) is 3.41. The van der Waals surface area contributed by atoms with E-state index in [0.717, 1.165) is 22.0 Å². The Morgan fingerprint density at radius 2 is 1.67 bits per heavy atom. The molecule has 0 spiro atoms. The number of para-hydroxylation sites is 1. The fourth-order valence-electron chi connectivity index (χ4n) is 3.08. The molecule has 1 heterocycles. The SMILES string of the molecule is Nc1nc(=O)[nH]c(-c2cccc3ccccc23)c1C(=S)Nc1ccccc1. The number of nitrogens with zero attached hydrogens (tertiary/aromatic N) is 1. The van der Waals surface area contributed by atoms with E-state index in [1.54, 1.807) is 0 Å². The van der Waals surface area contributed by atoms with Crippen LogP contribution in [0.5, 0.6) is 0 Å². The molecule has 0 atom stereocenters. The average Bonchev–Trinajstić information content (AvgIpc) is 2.67. The molecule has 4 aromatic rings. The van der Waals surface area contributed by atoms with Crippen LogP contribution in [-0.2, 0) is 0 Å². The summed E-state index contributed by atoms with van der Waals surface area (Å²) >= 11 is 5.59. The van der Waals surface area contributed by atoms with Crippen LogP contribution < -0.4 is 16.7 Å². The number of hydrogen-bond donors (Lipinski definition) is 3. The van der Waals surface area contributed by atoms with Crippen LogP contribution >= 0.6 is 12.2 Å². The molecule has 5 nitrogen and oxygen atoms in total. The van der Waals surface area contributed by atoms with Gasteiger partial charge in [0.2, 0.25) is 0 Å². The van der Waals surface area contributed by atoms with Gasteiger partial charge in [-0.3, -0.25) is 0 Å². The lowest BCUT2D eigenvalue weighted by Gasteiger charge is -2.15. The average molecular weight is 372 g/mol. The van der Waals surface area contributed by atoms with Crippen molar-refractivity contribution in [2.24, 2.45) is 0 Å². The first-order valence-electron chi connectivity index (χ1n) is 8.38. The van der Waals surface area contributed by atoms with Gasteiger partial charge >= 0.3 is 5.69 Å². The van der Waals surface area contributed by atoms with E-state index in [1.165, 1.54) is 0 Å². The molecule has 3 aromatic carbocycles.